The summed E-state index contributed by atoms with van der Waals surface area (Å²) in [5.74, 6) is -0.368. The molecule has 61 heavy (non-hydrogen) atoms. The Balaban J connectivity index is -0.0000000517. The van der Waals surface area contributed by atoms with E-state index in [0.29, 0.717) is 19.8 Å². The molecule has 0 aromatic carbocycles. The highest BCUT2D eigenvalue weighted by Gasteiger charge is 2.64. The zero-order valence-electron chi connectivity index (χ0n) is 40.4. The first kappa shape index (κ1) is 87.1. The number of alkyl halides is 22. The first-order valence-corrected chi connectivity index (χ1v) is 18.9. The van der Waals surface area contributed by atoms with Crippen LogP contribution in [0.25, 0.3) is 0 Å². The first-order chi connectivity index (χ1) is 25.7. The smallest absolute Gasteiger partial charge is 0.255 e. The van der Waals surface area contributed by atoms with Crippen molar-refractivity contribution in [2.75, 3.05) is 14.4 Å². The maximum Gasteiger partial charge on any atom is 0.407 e. The summed E-state index contributed by atoms with van der Waals surface area (Å²) in [5, 5.41) is 0. The van der Waals surface area contributed by atoms with Crippen molar-refractivity contribution in [3.63, 3.8) is 0 Å². The van der Waals surface area contributed by atoms with E-state index in [1.165, 1.54) is 6.42 Å². The zero-order chi connectivity index (χ0) is 54.1. The van der Waals surface area contributed by atoms with Gasteiger partial charge >= 0.3 is 37.1 Å². The van der Waals surface area contributed by atoms with Crippen molar-refractivity contribution in [2.45, 2.75) is 212 Å². The van der Waals surface area contributed by atoms with Gasteiger partial charge in [-0.25, -0.2) is 0 Å². The molecule has 22 heteroatoms. The Morgan fingerprint density at radius 1 is 0.393 bits per heavy atom. The Labute approximate surface area is 365 Å². The standard InChI is InChI=1S/C5H6F6.C5H9F3.C5H12.C4H6ClF3.C4H9Cl.C4H7F3.C4H10.C3H5F3.C3H8.2CH3F/c1-3(2,4(6,7)8)5(9,10)11;1-4(2,3)5(6,7)8;1-5(2,3)4;1-3(2,5)4(6,7)8;1-4(2,3)5;1-3(2)4(5,6)7;1-4(2)3;1-2-3(4,5)6;1-3-2;2*1-2/h1-2H3;1-3H3;1-4H3;1-2H3;1-3H3;3H,1-2H3;4H,1-3H3;2H2,1H3;3H2,1-2H3;2*1H3. The van der Waals surface area contributed by atoms with Crippen LogP contribution in [0.1, 0.15) is 165 Å². The molecule has 0 aromatic rings. The SMILES string of the molecule is CC(C)(C(F)(F)F)C(F)(F)F.CC(C)(C)C.CC(C)(C)C(F)(F)F.CC(C)(C)Cl.CC(C)(Cl)C(F)(F)F.CC(C)C.CC(C)C(F)(F)F.CCC.CCC(F)(F)F.CF.CF. The lowest BCUT2D eigenvalue weighted by molar-refractivity contribution is -0.327. The molecule has 0 bridgehead atoms. The summed E-state index contributed by atoms with van der Waals surface area (Å²) in [6.45, 7) is 34.2. The van der Waals surface area contributed by atoms with Crippen LogP contribution in [0.5, 0.6) is 0 Å². The van der Waals surface area contributed by atoms with Crippen molar-refractivity contribution in [3.05, 3.63) is 0 Å². The summed E-state index contributed by atoms with van der Waals surface area (Å²) in [4.78, 5) is -2.12. The molecule has 0 saturated carbocycles. The van der Waals surface area contributed by atoms with Gasteiger partial charge in [0.15, 0.2) is 5.41 Å². The molecule has 0 heterocycles. The monoisotopic (exact) mass is 997 g/mol. The molecule has 0 aliphatic rings. The van der Waals surface area contributed by atoms with Crippen molar-refractivity contribution >= 4 is 23.2 Å². The molecule has 0 fully saturated rings. The highest BCUT2D eigenvalue weighted by atomic mass is 35.5. The summed E-state index contributed by atoms with van der Waals surface area (Å²) >= 11 is 10.4. The molecule has 0 aromatic heterocycles. The van der Waals surface area contributed by atoms with Gasteiger partial charge in [-0.05, 0) is 59.8 Å². The van der Waals surface area contributed by atoms with Crippen LogP contribution in [-0.4, -0.2) is 61.2 Å². The number of halogens is 22. The van der Waals surface area contributed by atoms with Gasteiger partial charge in [-0.15, -0.1) is 23.2 Å². The molecule has 0 atom stereocenters. The van der Waals surface area contributed by atoms with Gasteiger partial charge in [0.2, 0.25) is 0 Å². The van der Waals surface area contributed by atoms with E-state index in [1.807, 2.05) is 20.8 Å². The highest BCUT2D eigenvalue weighted by Crippen LogP contribution is 2.49. The molecular weight excluding hydrogens is 919 g/mol. The van der Waals surface area contributed by atoms with Crippen molar-refractivity contribution in [1.29, 1.82) is 0 Å². The molecule has 0 radical (unpaired) electrons. The van der Waals surface area contributed by atoms with E-state index >= 15 is 0 Å². The van der Waals surface area contributed by atoms with Gasteiger partial charge in [-0.1, -0.05) is 110 Å². The highest BCUT2D eigenvalue weighted by molar-refractivity contribution is 6.24. The lowest BCUT2D eigenvalue weighted by Crippen LogP contribution is -2.44. The van der Waals surface area contributed by atoms with Gasteiger partial charge < -0.3 is 0 Å². The topological polar surface area (TPSA) is 0 Å². The molecular formula is C39H78Cl2F20. The maximum atomic E-state index is 11.6. The second kappa shape index (κ2) is 37.4. The van der Waals surface area contributed by atoms with Crippen LogP contribution in [-0.2, 0) is 0 Å². The van der Waals surface area contributed by atoms with E-state index < -0.39 is 65.1 Å². The molecule has 0 aliphatic carbocycles. The summed E-state index contributed by atoms with van der Waals surface area (Å²) in [6, 6.07) is 0. The minimum absolute atomic E-state index is 0.0278. The minimum Gasteiger partial charge on any atom is -0.255 e. The zero-order valence-corrected chi connectivity index (χ0v) is 41.9. The summed E-state index contributed by atoms with van der Waals surface area (Å²) in [5.41, 5.74) is -4.69. The maximum absolute atomic E-state index is 11.6. The molecule has 0 saturated heterocycles. The second-order valence-electron chi connectivity index (χ2n) is 17.5. The molecule has 388 valence electrons. The Bertz CT molecular complexity index is 792. The van der Waals surface area contributed by atoms with Gasteiger partial charge in [-0.2, -0.15) is 79.0 Å². The molecule has 0 unspecified atom stereocenters. The number of hydrogen-bond acceptors (Lipinski definition) is 0. The number of hydrogen-bond donors (Lipinski definition) is 0. The van der Waals surface area contributed by atoms with E-state index in [9.17, 15) is 87.8 Å². The largest absolute Gasteiger partial charge is 0.407 e. The third kappa shape index (κ3) is 99.1. The van der Waals surface area contributed by atoms with Crippen LogP contribution in [0.3, 0.4) is 0 Å². The van der Waals surface area contributed by atoms with Crippen LogP contribution in [0.4, 0.5) is 87.8 Å². The van der Waals surface area contributed by atoms with Crippen molar-refractivity contribution in [3.8, 4) is 0 Å². The van der Waals surface area contributed by atoms with Crippen LogP contribution in [0.2, 0.25) is 0 Å². The molecule has 0 spiro atoms. The lowest BCUT2D eigenvalue weighted by Gasteiger charge is -2.29. The van der Waals surface area contributed by atoms with Crippen LogP contribution < -0.4 is 0 Å². The second-order valence-corrected chi connectivity index (χ2v) is 19.6. The average Bonchev–Trinajstić information content (AvgIpc) is 2.91. The normalized spacial score (nSPS) is 12.2. The Kier molecular flexibility index (Phi) is 53.4. The predicted molar refractivity (Wildman–Crippen MR) is 216 cm³/mol. The van der Waals surface area contributed by atoms with Crippen LogP contribution in [0.15, 0.2) is 0 Å². The lowest BCUT2D eigenvalue weighted by atomic mass is 9.92. The molecule has 0 N–H and O–H groups in total. The minimum atomic E-state index is -5.24. The Hall–Kier alpha value is -0.820. The fraction of sp³-hybridized carbons (Fsp3) is 1.00. The van der Waals surface area contributed by atoms with Crippen molar-refractivity contribution in [2.24, 2.45) is 28.1 Å². The molecule has 0 aliphatic heterocycles. The fourth-order valence-corrected chi connectivity index (χ4v) is 0.161. The van der Waals surface area contributed by atoms with E-state index in [2.05, 4.69) is 62.3 Å². The predicted octanol–water partition coefficient (Wildman–Crippen LogP) is 20.8. The van der Waals surface area contributed by atoms with Crippen molar-refractivity contribution in [1.82, 2.24) is 0 Å². The van der Waals surface area contributed by atoms with E-state index in [-0.39, 0.29) is 18.7 Å². The van der Waals surface area contributed by atoms with Crippen LogP contribution >= 0.6 is 23.2 Å². The number of rotatable bonds is 0. The van der Waals surface area contributed by atoms with Gasteiger partial charge in [0.05, 0.1) is 19.8 Å². The molecule has 0 amide bonds. The summed E-state index contributed by atoms with van der Waals surface area (Å²) in [6.07, 6.45) is -26.3. The van der Waals surface area contributed by atoms with Gasteiger partial charge in [0, 0.05) is 17.2 Å². The van der Waals surface area contributed by atoms with Crippen LogP contribution in [0, 0.1) is 28.1 Å². The molecule has 0 rings (SSSR count). The Morgan fingerprint density at radius 2 is 0.492 bits per heavy atom. The molecule has 0 nitrogen and oxygen atoms in total. The summed E-state index contributed by atoms with van der Waals surface area (Å²) < 4.78 is 224. The van der Waals surface area contributed by atoms with Gasteiger partial charge in [0.1, 0.15) is 4.87 Å². The summed E-state index contributed by atoms with van der Waals surface area (Å²) in [7, 11) is 1.00. The average molecular weight is 998 g/mol. The van der Waals surface area contributed by atoms with Gasteiger partial charge in [0.25, 0.3) is 0 Å². The van der Waals surface area contributed by atoms with Gasteiger partial charge in [-0.3, -0.25) is 8.78 Å². The Morgan fingerprint density at radius 3 is 0.492 bits per heavy atom. The third-order valence-electron chi connectivity index (χ3n) is 4.00. The quantitative estimate of drug-likeness (QED) is 0.168. The van der Waals surface area contributed by atoms with E-state index in [4.69, 9.17) is 23.2 Å². The first-order valence-electron chi connectivity index (χ1n) is 18.2. The third-order valence-corrected chi connectivity index (χ3v) is 4.21. The van der Waals surface area contributed by atoms with Crippen molar-refractivity contribution < 1.29 is 87.8 Å². The van der Waals surface area contributed by atoms with E-state index in [1.54, 1.807) is 0 Å². The van der Waals surface area contributed by atoms with E-state index in [0.717, 1.165) is 61.3 Å². The fourth-order valence-electron chi connectivity index (χ4n) is 0.161.